The summed E-state index contributed by atoms with van der Waals surface area (Å²) >= 11 is 0. The number of piperidine rings is 1. The Hall–Kier alpha value is -1.53. The highest BCUT2D eigenvalue weighted by Gasteiger charge is 2.18. The molecule has 0 N–H and O–H groups in total. The van der Waals surface area contributed by atoms with Crippen LogP contribution in [-0.4, -0.2) is 24.1 Å². The van der Waals surface area contributed by atoms with E-state index in [-0.39, 0.29) is 0 Å². The van der Waals surface area contributed by atoms with E-state index in [2.05, 4.69) is 18.3 Å². The molecule has 2 rings (SSSR count). The van der Waals surface area contributed by atoms with Gasteiger partial charge in [0.05, 0.1) is 12.7 Å². The fourth-order valence-corrected chi connectivity index (χ4v) is 1.91. The standard InChI is InChI=1S/C13H16N2O/c14-11-15-8-6-13(7-9-15)16-10-12-4-2-1-3-5-12/h1-5,13H,6-10H2. The molecule has 0 radical (unpaired) electrons. The number of likely N-dealkylation sites (tertiary alicyclic amines) is 1. The van der Waals surface area contributed by atoms with E-state index >= 15 is 0 Å². The van der Waals surface area contributed by atoms with Crippen molar-refractivity contribution < 1.29 is 4.74 Å². The van der Waals surface area contributed by atoms with Gasteiger partial charge in [-0.25, -0.2) is 0 Å². The van der Waals surface area contributed by atoms with Crippen molar-refractivity contribution in [1.82, 2.24) is 4.90 Å². The predicted octanol–water partition coefficient (Wildman–Crippen LogP) is 2.15. The summed E-state index contributed by atoms with van der Waals surface area (Å²) in [5.41, 5.74) is 1.21. The van der Waals surface area contributed by atoms with E-state index in [9.17, 15) is 0 Å². The normalized spacial score (nSPS) is 17.1. The Labute approximate surface area is 96.2 Å². The largest absolute Gasteiger partial charge is 0.373 e. The number of nitrogens with zero attached hydrogens (tertiary/aromatic N) is 2. The van der Waals surface area contributed by atoms with Gasteiger partial charge >= 0.3 is 0 Å². The minimum absolute atomic E-state index is 0.310. The number of ether oxygens (including phenoxy) is 1. The summed E-state index contributed by atoms with van der Waals surface area (Å²) in [6.07, 6.45) is 4.40. The molecule has 1 fully saturated rings. The smallest absolute Gasteiger partial charge is 0.179 e. The van der Waals surface area contributed by atoms with Gasteiger partial charge in [0, 0.05) is 13.1 Å². The van der Waals surface area contributed by atoms with Crippen molar-refractivity contribution in [2.75, 3.05) is 13.1 Å². The summed E-state index contributed by atoms with van der Waals surface area (Å²) in [5.74, 6) is 0. The first-order valence-corrected chi connectivity index (χ1v) is 5.68. The zero-order valence-corrected chi connectivity index (χ0v) is 9.30. The molecule has 3 heteroatoms. The Morgan fingerprint density at radius 3 is 2.56 bits per heavy atom. The molecule has 0 aromatic heterocycles. The molecule has 0 unspecified atom stereocenters. The molecule has 0 saturated carbocycles. The van der Waals surface area contributed by atoms with Gasteiger partial charge in [0.1, 0.15) is 0 Å². The third-order valence-electron chi connectivity index (χ3n) is 2.91. The molecule has 1 saturated heterocycles. The highest BCUT2D eigenvalue weighted by Crippen LogP contribution is 2.14. The predicted molar refractivity (Wildman–Crippen MR) is 61.4 cm³/mol. The summed E-state index contributed by atoms with van der Waals surface area (Å²) in [7, 11) is 0. The topological polar surface area (TPSA) is 36.3 Å². The van der Waals surface area contributed by atoms with E-state index in [0.29, 0.717) is 12.7 Å². The molecular weight excluding hydrogens is 200 g/mol. The van der Waals surface area contributed by atoms with Crippen LogP contribution < -0.4 is 0 Å². The van der Waals surface area contributed by atoms with Crippen molar-refractivity contribution in [3.8, 4) is 6.19 Å². The average Bonchev–Trinajstić information content (AvgIpc) is 2.38. The molecule has 84 valence electrons. The molecule has 0 amide bonds. The van der Waals surface area contributed by atoms with E-state index in [1.807, 2.05) is 18.2 Å². The van der Waals surface area contributed by atoms with Gasteiger partial charge in [-0.15, -0.1) is 0 Å². The molecule has 1 aliphatic rings. The fraction of sp³-hybridized carbons (Fsp3) is 0.462. The lowest BCUT2D eigenvalue weighted by Crippen LogP contribution is -2.33. The second kappa shape index (κ2) is 5.53. The van der Waals surface area contributed by atoms with Crippen LogP contribution in [0.1, 0.15) is 18.4 Å². The summed E-state index contributed by atoms with van der Waals surface area (Å²) in [6.45, 7) is 2.34. The van der Waals surface area contributed by atoms with Crippen molar-refractivity contribution in [2.45, 2.75) is 25.6 Å². The highest BCUT2D eigenvalue weighted by atomic mass is 16.5. The van der Waals surface area contributed by atoms with Crippen LogP contribution in [-0.2, 0) is 11.3 Å². The molecular formula is C13H16N2O. The van der Waals surface area contributed by atoms with Crippen LogP contribution in [0.4, 0.5) is 0 Å². The SMILES string of the molecule is N#CN1CCC(OCc2ccccc2)CC1. The zero-order valence-electron chi connectivity index (χ0n) is 9.30. The maximum absolute atomic E-state index is 8.72. The molecule has 0 aliphatic carbocycles. The second-order valence-electron chi connectivity index (χ2n) is 4.08. The van der Waals surface area contributed by atoms with Gasteiger partial charge in [0.2, 0.25) is 0 Å². The molecule has 1 heterocycles. The van der Waals surface area contributed by atoms with Gasteiger partial charge in [-0.05, 0) is 18.4 Å². The lowest BCUT2D eigenvalue weighted by Gasteiger charge is -2.28. The molecule has 0 atom stereocenters. The summed E-state index contributed by atoms with van der Waals surface area (Å²) < 4.78 is 5.83. The monoisotopic (exact) mass is 216 g/mol. The Morgan fingerprint density at radius 1 is 1.25 bits per heavy atom. The Kier molecular flexibility index (Phi) is 3.79. The number of rotatable bonds is 3. The van der Waals surface area contributed by atoms with E-state index in [1.165, 1.54) is 5.56 Å². The number of hydrogen-bond donors (Lipinski definition) is 0. The number of benzene rings is 1. The Morgan fingerprint density at radius 2 is 1.94 bits per heavy atom. The quantitative estimate of drug-likeness (QED) is 0.726. The lowest BCUT2D eigenvalue weighted by atomic mass is 10.1. The van der Waals surface area contributed by atoms with Crippen molar-refractivity contribution in [3.63, 3.8) is 0 Å². The molecule has 0 bridgehead atoms. The molecule has 1 aliphatic heterocycles. The number of hydrogen-bond acceptors (Lipinski definition) is 3. The third kappa shape index (κ3) is 2.98. The van der Waals surface area contributed by atoms with Gasteiger partial charge in [0.25, 0.3) is 0 Å². The van der Waals surface area contributed by atoms with Gasteiger partial charge in [0.15, 0.2) is 6.19 Å². The van der Waals surface area contributed by atoms with Crippen molar-refractivity contribution in [2.24, 2.45) is 0 Å². The summed E-state index contributed by atoms with van der Waals surface area (Å²) in [6, 6.07) is 10.2. The minimum atomic E-state index is 0.310. The van der Waals surface area contributed by atoms with Crippen LogP contribution in [0.3, 0.4) is 0 Å². The third-order valence-corrected chi connectivity index (χ3v) is 2.91. The van der Waals surface area contributed by atoms with Gasteiger partial charge in [-0.3, -0.25) is 0 Å². The molecule has 1 aromatic rings. The molecule has 16 heavy (non-hydrogen) atoms. The summed E-state index contributed by atoms with van der Waals surface area (Å²) in [5, 5.41) is 8.72. The van der Waals surface area contributed by atoms with Crippen molar-refractivity contribution in [3.05, 3.63) is 35.9 Å². The molecule has 1 aromatic carbocycles. The lowest BCUT2D eigenvalue weighted by molar-refractivity contribution is 0.00660. The van der Waals surface area contributed by atoms with E-state index < -0.39 is 0 Å². The van der Waals surface area contributed by atoms with Crippen LogP contribution in [0.2, 0.25) is 0 Å². The fourth-order valence-electron chi connectivity index (χ4n) is 1.91. The first kappa shape index (κ1) is 11.0. The first-order chi connectivity index (χ1) is 7.88. The van der Waals surface area contributed by atoms with Gasteiger partial charge < -0.3 is 9.64 Å². The maximum Gasteiger partial charge on any atom is 0.179 e. The van der Waals surface area contributed by atoms with E-state index in [1.54, 1.807) is 4.90 Å². The van der Waals surface area contributed by atoms with Crippen LogP contribution in [0, 0.1) is 11.5 Å². The van der Waals surface area contributed by atoms with Crippen molar-refractivity contribution >= 4 is 0 Å². The zero-order chi connectivity index (χ0) is 11.2. The van der Waals surface area contributed by atoms with Crippen LogP contribution in [0.25, 0.3) is 0 Å². The average molecular weight is 216 g/mol. The minimum Gasteiger partial charge on any atom is -0.373 e. The van der Waals surface area contributed by atoms with E-state index in [0.717, 1.165) is 25.9 Å². The maximum atomic E-state index is 8.72. The van der Waals surface area contributed by atoms with Crippen LogP contribution >= 0.6 is 0 Å². The molecule has 3 nitrogen and oxygen atoms in total. The van der Waals surface area contributed by atoms with Crippen LogP contribution in [0.5, 0.6) is 0 Å². The highest BCUT2D eigenvalue weighted by molar-refractivity contribution is 5.13. The van der Waals surface area contributed by atoms with Gasteiger partial charge in [-0.2, -0.15) is 5.26 Å². The second-order valence-corrected chi connectivity index (χ2v) is 4.08. The summed E-state index contributed by atoms with van der Waals surface area (Å²) in [4.78, 5) is 1.79. The van der Waals surface area contributed by atoms with Crippen molar-refractivity contribution in [1.29, 1.82) is 5.26 Å². The van der Waals surface area contributed by atoms with Gasteiger partial charge in [-0.1, -0.05) is 30.3 Å². The van der Waals surface area contributed by atoms with E-state index in [4.69, 9.17) is 10.00 Å². The Balaban J connectivity index is 1.74. The molecule has 0 spiro atoms. The Bertz CT molecular complexity index is 350. The number of nitriles is 1. The van der Waals surface area contributed by atoms with Crippen LogP contribution in [0.15, 0.2) is 30.3 Å². The first-order valence-electron chi connectivity index (χ1n) is 5.68.